The van der Waals surface area contributed by atoms with Crippen LogP contribution in [0.2, 0.25) is 0 Å². The van der Waals surface area contributed by atoms with Crippen LogP contribution in [-0.2, 0) is 0 Å². The van der Waals surface area contributed by atoms with Gasteiger partial charge in [0.15, 0.2) is 0 Å². The fourth-order valence-corrected chi connectivity index (χ4v) is 9.56. The van der Waals surface area contributed by atoms with Crippen molar-refractivity contribution in [3.63, 3.8) is 0 Å². The lowest BCUT2D eigenvalue weighted by atomic mass is 9.80. The van der Waals surface area contributed by atoms with Crippen LogP contribution >= 0.6 is 0 Å². The summed E-state index contributed by atoms with van der Waals surface area (Å²) in [7, 11) is 0. The maximum Gasteiger partial charge on any atom is 0.135 e. The van der Waals surface area contributed by atoms with Gasteiger partial charge in [-0.3, -0.25) is 0 Å². The van der Waals surface area contributed by atoms with Gasteiger partial charge in [-0.1, -0.05) is 188 Å². The first-order valence-corrected chi connectivity index (χ1v) is 20.3. The monoisotopic (exact) mass is 748 g/mol. The normalized spacial score (nSPS) is 11.7. The van der Waals surface area contributed by atoms with Gasteiger partial charge in [0.1, 0.15) is 11.2 Å². The predicted octanol–water partition coefficient (Wildman–Crippen LogP) is 16.5. The summed E-state index contributed by atoms with van der Waals surface area (Å²) in [4.78, 5) is 0. The Kier molecular flexibility index (Phi) is 7.61. The van der Waals surface area contributed by atoms with Crippen molar-refractivity contribution in [3.05, 3.63) is 218 Å². The molecular weight excluding hydrogens is 713 g/mol. The molecule has 0 aliphatic carbocycles. The van der Waals surface area contributed by atoms with Crippen molar-refractivity contribution < 1.29 is 4.42 Å². The van der Waals surface area contributed by atoms with Crippen LogP contribution in [-0.4, -0.2) is 0 Å². The Balaban J connectivity index is 1.19. The molecular formula is C58H36O. The van der Waals surface area contributed by atoms with Gasteiger partial charge in [0, 0.05) is 10.8 Å². The van der Waals surface area contributed by atoms with Crippen molar-refractivity contribution in [1.29, 1.82) is 0 Å². The van der Waals surface area contributed by atoms with Gasteiger partial charge in [-0.2, -0.15) is 0 Å². The molecule has 0 N–H and O–H groups in total. The molecule has 1 aromatic heterocycles. The molecule has 11 aromatic carbocycles. The number of furan rings is 1. The van der Waals surface area contributed by atoms with E-state index >= 15 is 0 Å². The third kappa shape index (κ3) is 5.40. The molecule has 274 valence electrons. The lowest BCUT2D eigenvalue weighted by molar-refractivity contribution is 0.669. The van der Waals surface area contributed by atoms with E-state index in [9.17, 15) is 0 Å². The van der Waals surface area contributed by atoms with Crippen molar-refractivity contribution in [2.45, 2.75) is 0 Å². The van der Waals surface area contributed by atoms with Crippen LogP contribution in [0.3, 0.4) is 0 Å². The largest absolute Gasteiger partial charge is 0.456 e. The van der Waals surface area contributed by atoms with Crippen LogP contribution in [0, 0.1) is 0 Å². The van der Waals surface area contributed by atoms with E-state index in [1.807, 2.05) is 6.07 Å². The highest BCUT2D eigenvalue weighted by atomic mass is 16.3. The van der Waals surface area contributed by atoms with E-state index in [1.54, 1.807) is 0 Å². The zero-order valence-electron chi connectivity index (χ0n) is 32.2. The first-order chi connectivity index (χ1) is 29.3. The summed E-state index contributed by atoms with van der Waals surface area (Å²) >= 11 is 0. The highest BCUT2D eigenvalue weighted by Crippen LogP contribution is 2.50. The van der Waals surface area contributed by atoms with Gasteiger partial charge in [0.05, 0.1) is 0 Å². The van der Waals surface area contributed by atoms with Gasteiger partial charge in [0.2, 0.25) is 0 Å². The van der Waals surface area contributed by atoms with Gasteiger partial charge < -0.3 is 4.42 Å². The van der Waals surface area contributed by atoms with E-state index in [4.69, 9.17) is 4.42 Å². The fraction of sp³-hybridized carbons (Fsp3) is 0. The minimum atomic E-state index is 0.895. The fourth-order valence-electron chi connectivity index (χ4n) is 9.56. The molecule has 0 atom stereocenters. The quantitative estimate of drug-likeness (QED) is 0.160. The second-order valence-corrected chi connectivity index (χ2v) is 15.5. The lowest BCUT2D eigenvalue weighted by Gasteiger charge is -2.23. The Labute approximate surface area is 342 Å². The van der Waals surface area contributed by atoms with Gasteiger partial charge in [-0.05, 0) is 129 Å². The molecule has 59 heavy (non-hydrogen) atoms. The minimum Gasteiger partial charge on any atom is -0.456 e. The average Bonchev–Trinajstić information content (AvgIpc) is 3.68. The molecule has 0 saturated carbocycles. The summed E-state index contributed by atoms with van der Waals surface area (Å²) in [5.74, 6) is 0. The van der Waals surface area contributed by atoms with Crippen LogP contribution in [0.4, 0.5) is 0 Å². The van der Waals surface area contributed by atoms with Crippen molar-refractivity contribution in [2.24, 2.45) is 0 Å². The Bertz CT molecular complexity index is 3550. The molecule has 1 heterocycles. The first-order valence-electron chi connectivity index (χ1n) is 20.3. The molecule has 0 fully saturated rings. The SMILES string of the molecule is c1ccc(-c2ccc3c(-c4cccc(-c5ccc6oc7ccccc7c6c5)c4-c4c5ccccc5c(-c5ccc6ccccc6c5)c5ccccc45)cccc3c2)cc1. The molecule has 12 rings (SSSR count). The number of fused-ring (bicyclic) bond motifs is 7. The Morgan fingerprint density at radius 3 is 1.58 bits per heavy atom. The molecule has 1 nitrogen and oxygen atoms in total. The molecule has 0 radical (unpaired) electrons. The van der Waals surface area contributed by atoms with Crippen molar-refractivity contribution in [1.82, 2.24) is 0 Å². The lowest BCUT2D eigenvalue weighted by Crippen LogP contribution is -1.96. The van der Waals surface area contributed by atoms with Crippen LogP contribution in [0.5, 0.6) is 0 Å². The highest BCUT2D eigenvalue weighted by Gasteiger charge is 2.23. The second-order valence-electron chi connectivity index (χ2n) is 15.5. The van der Waals surface area contributed by atoms with Crippen molar-refractivity contribution in [2.75, 3.05) is 0 Å². The zero-order valence-corrected chi connectivity index (χ0v) is 32.2. The van der Waals surface area contributed by atoms with E-state index < -0.39 is 0 Å². The van der Waals surface area contributed by atoms with Crippen LogP contribution in [0.15, 0.2) is 223 Å². The standard InChI is InChI=1S/C58H36O/c1-2-14-37(15-3-1)40-30-32-44-41(34-40)18-12-25-46(44)48-26-13-24-45(42-31-33-55-53(36-42)47-19-10-11-27-54(47)59-55)57(48)58-51-22-8-6-20-49(51)56(50-21-7-9-23-52(50)58)43-29-28-38-16-4-5-17-39(38)35-43/h1-36H. The van der Waals surface area contributed by atoms with E-state index in [0.29, 0.717) is 0 Å². The van der Waals surface area contributed by atoms with Gasteiger partial charge in [0.25, 0.3) is 0 Å². The van der Waals surface area contributed by atoms with E-state index in [-0.39, 0.29) is 0 Å². The van der Waals surface area contributed by atoms with Crippen LogP contribution in [0.1, 0.15) is 0 Å². The molecule has 0 saturated heterocycles. The topological polar surface area (TPSA) is 13.1 Å². The van der Waals surface area contributed by atoms with E-state index in [1.165, 1.54) is 93.2 Å². The Morgan fingerprint density at radius 1 is 0.220 bits per heavy atom. The molecule has 0 aliphatic heterocycles. The molecule has 12 aromatic rings. The number of hydrogen-bond acceptors (Lipinski definition) is 1. The van der Waals surface area contributed by atoms with Crippen molar-refractivity contribution in [3.8, 4) is 55.6 Å². The number of benzene rings is 11. The molecule has 0 spiro atoms. The summed E-state index contributed by atoms with van der Waals surface area (Å²) in [6.45, 7) is 0. The van der Waals surface area contributed by atoms with Crippen LogP contribution in [0.25, 0.3) is 121 Å². The smallest absolute Gasteiger partial charge is 0.135 e. The number of para-hydroxylation sites is 1. The molecule has 0 amide bonds. The Hall–Kier alpha value is -7.74. The average molecular weight is 749 g/mol. The summed E-state index contributed by atoms with van der Waals surface area (Å²) in [6.07, 6.45) is 0. The number of hydrogen-bond donors (Lipinski definition) is 0. The highest BCUT2D eigenvalue weighted by molar-refractivity contribution is 6.24. The third-order valence-electron chi connectivity index (χ3n) is 12.2. The zero-order chi connectivity index (χ0) is 38.9. The van der Waals surface area contributed by atoms with E-state index in [0.717, 1.165) is 27.5 Å². The van der Waals surface area contributed by atoms with Gasteiger partial charge >= 0.3 is 0 Å². The molecule has 1 heteroatoms. The predicted molar refractivity (Wildman–Crippen MR) is 251 cm³/mol. The summed E-state index contributed by atoms with van der Waals surface area (Å²) in [6, 6.07) is 79.8. The maximum atomic E-state index is 6.34. The van der Waals surface area contributed by atoms with Crippen LogP contribution < -0.4 is 0 Å². The summed E-state index contributed by atoms with van der Waals surface area (Å²) < 4.78 is 6.34. The van der Waals surface area contributed by atoms with Crippen molar-refractivity contribution >= 4 is 65.0 Å². The molecule has 0 bridgehead atoms. The molecule has 0 aliphatic rings. The third-order valence-corrected chi connectivity index (χ3v) is 12.2. The summed E-state index contributed by atoms with van der Waals surface area (Å²) in [5, 5.41) is 12.1. The number of rotatable bonds is 5. The second kappa shape index (κ2) is 13.4. The maximum absolute atomic E-state index is 6.34. The first kappa shape index (κ1) is 33.4. The van der Waals surface area contributed by atoms with E-state index in [2.05, 4.69) is 212 Å². The van der Waals surface area contributed by atoms with Gasteiger partial charge in [-0.25, -0.2) is 0 Å². The Morgan fingerprint density at radius 2 is 0.780 bits per heavy atom. The summed E-state index contributed by atoms with van der Waals surface area (Å²) in [5.41, 5.74) is 13.9. The van der Waals surface area contributed by atoms with Gasteiger partial charge in [-0.15, -0.1) is 0 Å². The molecule has 0 unspecified atom stereocenters. The minimum absolute atomic E-state index is 0.895.